The van der Waals surface area contributed by atoms with Crippen LogP contribution in [0.15, 0.2) is 59.0 Å². The van der Waals surface area contributed by atoms with Crippen LogP contribution in [0.2, 0.25) is 0 Å². The van der Waals surface area contributed by atoms with E-state index in [2.05, 4.69) is 76.6 Å². The monoisotopic (exact) mass is 837 g/mol. The molecule has 3 saturated heterocycles. The molecule has 3 fully saturated rings. The largest absolute Gasteiger partial charge is 0.444 e. The van der Waals surface area contributed by atoms with Crippen molar-refractivity contribution in [2.75, 3.05) is 44.3 Å². The lowest BCUT2D eigenvalue weighted by molar-refractivity contribution is -0.170. The van der Waals surface area contributed by atoms with E-state index < -0.39 is 11.0 Å². The van der Waals surface area contributed by atoms with Gasteiger partial charge in [-0.15, -0.1) is 11.3 Å². The number of anilines is 1. The Morgan fingerprint density at radius 1 is 1.05 bits per heavy atom. The van der Waals surface area contributed by atoms with Crippen molar-refractivity contribution in [3.8, 4) is 11.1 Å². The van der Waals surface area contributed by atoms with Gasteiger partial charge in [-0.25, -0.2) is 14.8 Å². The van der Waals surface area contributed by atoms with E-state index in [9.17, 15) is 9.59 Å². The highest BCUT2D eigenvalue weighted by atomic mass is 32.1. The second kappa shape index (κ2) is 17.2. The Morgan fingerprint density at radius 3 is 2.52 bits per heavy atom. The van der Waals surface area contributed by atoms with Crippen molar-refractivity contribution in [2.24, 2.45) is 13.0 Å². The molecule has 13 heteroatoms. The van der Waals surface area contributed by atoms with Crippen LogP contribution in [0.4, 0.5) is 10.7 Å². The number of carbonyl (C=O) groups is 1. The molecule has 2 atom stereocenters. The van der Waals surface area contributed by atoms with Crippen molar-refractivity contribution in [2.45, 2.75) is 122 Å². The Kier molecular flexibility index (Phi) is 12.2. The van der Waals surface area contributed by atoms with Crippen molar-refractivity contribution >= 4 is 45.2 Å². The molecule has 1 amide bonds. The van der Waals surface area contributed by atoms with E-state index in [1.165, 1.54) is 4.88 Å². The fourth-order valence-electron chi connectivity index (χ4n) is 9.62. The minimum atomic E-state index is -0.573. The summed E-state index contributed by atoms with van der Waals surface area (Å²) in [6.45, 7) is 17.1. The Bertz CT molecular complexity index is 2330. The minimum Gasteiger partial charge on any atom is -0.444 e. The van der Waals surface area contributed by atoms with Gasteiger partial charge in [-0.3, -0.25) is 4.79 Å². The molecule has 60 heavy (non-hydrogen) atoms. The molecule has 3 aliphatic heterocycles. The number of fused-ring (bicyclic) bond motifs is 2. The molecule has 3 aliphatic rings. The molecular formula is C47H63N7O5S. The number of H-pyrrole nitrogens is 1. The number of likely N-dealkylation sites (tertiary alicyclic amines) is 1. The van der Waals surface area contributed by atoms with Crippen molar-refractivity contribution in [1.82, 2.24) is 29.7 Å². The number of rotatable bonds is 11. The molecule has 2 N–H and O–H groups in total. The van der Waals surface area contributed by atoms with Gasteiger partial charge in [0.2, 0.25) is 5.95 Å². The van der Waals surface area contributed by atoms with E-state index in [0.29, 0.717) is 30.7 Å². The van der Waals surface area contributed by atoms with Gasteiger partial charge in [0, 0.05) is 85.0 Å². The maximum Gasteiger partial charge on any atom is 0.408 e. The summed E-state index contributed by atoms with van der Waals surface area (Å²) in [5.41, 5.74) is 3.00. The average molecular weight is 838 g/mol. The first-order valence-corrected chi connectivity index (χ1v) is 22.8. The summed E-state index contributed by atoms with van der Waals surface area (Å²) in [7, 11) is 1.80. The molecule has 2 unspecified atom stereocenters. The first kappa shape index (κ1) is 42.4. The number of aromatic amines is 1. The van der Waals surface area contributed by atoms with Crippen molar-refractivity contribution in [3.05, 3.63) is 75.1 Å². The Balaban J connectivity index is 1.14. The van der Waals surface area contributed by atoms with Crippen LogP contribution < -0.4 is 15.8 Å². The van der Waals surface area contributed by atoms with Crippen LogP contribution in [0.1, 0.15) is 103 Å². The van der Waals surface area contributed by atoms with E-state index in [-0.39, 0.29) is 23.5 Å². The van der Waals surface area contributed by atoms with Gasteiger partial charge < -0.3 is 38.9 Å². The van der Waals surface area contributed by atoms with E-state index >= 15 is 0 Å². The summed E-state index contributed by atoms with van der Waals surface area (Å²) in [5.74, 6) is 1.09. The number of piperidine rings is 2. The highest BCUT2D eigenvalue weighted by molar-refractivity contribution is 7.10. The lowest BCUT2D eigenvalue weighted by atomic mass is 9.75. The van der Waals surface area contributed by atoms with E-state index in [1.54, 1.807) is 23.0 Å². The first-order valence-electron chi connectivity index (χ1n) is 22.0. The number of nitrogens with zero attached hydrogens (tertiary/aromatic N) is 5. The lowest BCUT2D eigenvalue weighted by Gasteiger charge is -2.45. The number of aromatic nitrogens is 4. The van der Waals surface area contributed by atoms with Crippen LogP contribution in [0, 0.1) is 5.92 Å². The van der Waals surface area contributed by atoms with Gasteiger partial charge >= 0.3 is 6.09 Å². The summed E-state index contributed by atoms with van der Waals surface area (Å²) < 4.78 is 20.2. The molecule has 8 rings (SSSR count). The number of ether oxygens (including phenoxy) is 3. The highest BCUT2D eigenvalue weighted by Gasteiger charge is 2.42. The standard InChI is InChI=1S/C47H63N7O5S/c1-31(2)28-47(38-11-10-26-60-38,30-58-39-12-8-9-25-57-39)41-35-27-32(36-29-52(7)42(55)40-34(36)15-20-48-40)13-14-37(35)49-43(50-41)54-21-16-33(17-22-54)53-23-18-46(6,19-24-53)51-44(56)59-45(3,4)5/h10-11,13-15,20,26-27,29,31,33,39,48H,8-9,12,16-19,21-25,28,30H2,1-7H3,(H,51,56). The molecule has 1 aromatic carbocycles. The molecule has 0 saturated carbocycles. The fraction of sp³-hybridized carbons (Fsp3) is 0.574. The average Bonchev–Trinajstić information content (AvgIpc) is 3.95. The smallest absolute Gasteiger partial charge is 0.408 e. The normalized spacial score (nSPS) is 20.5. The molecule has 7 heterocycles. The molecule has 0 spiro atoms. The van der Waals surface area contributed by atoms with Crippen LogP contribution in [-0.4, -0.2) is 93.4 Å². The molecule has 322 valence electrons. The zero-order valence-electron chi connectivity index (χ0n) is 36.5. The van der Waals surface area contributed by atoms with Crippen LogP contribution in [0.5, 0.6) is 0 Å². The zero-order chi connectivity index (χ0) is 42.2. The van der Waals surface area contributed by atoms with Gasteiger partial charge in [-0.1, -0.05) is 26.0 Å². The number of nitrogens with one attached hydrogen (secondary N) is 2. The third-order valence-electron chi connectivity index (χ3n) is 12.7. The van der Waals surface area contributed by atoms with E-state index in [0.717, 1.165) is 117 Å². The number of aryl methyl sites for hydroxylation is 1. The second-order valence-electron chi connectivity index (χ2n) is 19.0. The van der Waals surface area contributed by atoms with Crippen LogP contribution >= 0.6 is 11.3 Å². The summed E-state index contributed by atoms with van der Waals surface area (Å²) in [6, 6.07) is 13.3. The van der Waals surface area contributed by atoms with Gasteiger partial charge in [0.05, 0.1) is 23.2 Å². The number of hydrogen-bond donors (Lipinski definition) is 2. The quantitative estimate of drug-likeness (QED) is 0.134. The number of alkyl carbamates (subject to hydrolysis) is 1. The number of hydrogen-bond acceptors (Lipinski definition) is 10. The summed E-state index contributed by atoms with van der Waals surface area (Å²) in [5, 5.41) is 7.20. The van der Waals surface area contributed by atoms with Crippen LogP contribution in [0.25, 0.3) is 32.9 Å². The van der Waals surface area contributed by atoms with Crippen molar-refractivity contribution < 1.29 is 19.0 Å². The van der Waals surface area contributed by atoms with E-state index in [1.807, 2.05) is 39.2 Å². The highest BCUT2D eigenvalue weighted by Crippen LogP contribution is 2.45. The van der Waals surface area contributed by atoms with Crippen molar-refractivity contribution in [1.29, 1.82) is 0 Å². The number of benzene rings is 1. The maximum atomic E-state index is 13.1. The maximum absolute atomic E-state index is 13.1. The summed E-state index contributed by atoms with van der Waals surface area (Å²) >= 11 is 1.76. The Labute approximate surface area is 358 Å². The molecule has 5 aromatic rings. The summed E-state index contributed by atoms with van der Waals surface area (Å²) in [4.78, 5) is 46.1. The fourth-order valence-corrected chi connectivity index (χ4v) is 10.5. The van der Waals surface area contributed by atoms with Gasteiger partial charge in [-0.2, -0.15) is 0 Å². The van der Waals surface area contributed by atoms with Gasteiger partial charge in [0.25, 0.3) is 5.56 Å². The SMILES string of the molecule is CC(C)CC(COC1CCCCO1)(c1cccs1)c1nc(N2CCC(N3CCC(C)(NC(=O)OC(C)(C)C)CC3)CC2)nc2ccc(-c3cn(C)c(=O)c4[nH]ccc34)cc12. The number of carbonyl (C=O) groups excluding carboxylic acids is 1. The Hall–Kier alpha value is -4.30. The Morgan fingerprint density at radius 2 is 1.83 bits per heavy atom. The van der Waals surface area contributed by atoms with E-state index in [4.69, 9.17) is 24.2 Å². The first-order chi connectivity index (χ1) is 28.7. The number of pyridine rings is 1. The summed E-state index contributed by atoms with van der Waals surface area (Å²) in [6.07, 6.45) is 10.8. The third kappa shape index (κ3) is 9.00. The molecule has 0 radical (unpaired) electrons. The predicted molar refractivity (Wildman–Crippen MR) is 240 cm³/mol. The van der Waals surface area contributed by atoms with Crippen molar-refractivity contribution in [3.63, 3.8) is 0 Å². The molecular weight excluding hydrogens is 775 g/mol. The van der Waals surface area contributed by atoms with Gasteiger partial charge in [0.15, 0.2) is 6.29 Å². The molecule has 12 nitrogen and oxygen atoms in total. The molecule has 0 bridgehead atoms. The predicted octanol–water partition coefficient (Wildman–Crippen LogP) is 8.76. The zero-order valence-corrected chi connectivity index (χ0v) is 37.3. The van der Waals surface area contributed by atoms with Crippen LogP contribution in [-0.2, 0) is 26.7 Å². The lowest BCUT2D eigenvalue weighted by Crippen LogP contribution is -2.57. The molecule has 4 aromatic heterocycles. The molecule has 0 aliphatic carbocycles. The van der Waals surface area contributed by atoms with Gasteiger partial charge in [0.1, 0.15) is 11.1 Å². The second-order valence-corrected chi connectivity index (χ2v) is 20.0. The number of thiophene rings is 1. The topological polar surface area (TPSA) is 127 Å². The van der Waals surface area contributed by atoms with Crippen LogP contribution in [0.3, 0.4) is 0 Å². The third-order valence-corrected chi connectivity index (χ3v) is 13.8. The minimum absolute atomic E-state index is 0.0540. The number of amides is 1. The van der Waals surface area contributed by atoms with Gasteiger partial charge in [-0.05, 0) is 120 Å².